The standard InChI is InChI=1S/C8H15N3O/c1-3-8(2)12-7-5-4-6-10-11-9/h3,8H,1,4-7H2,2H3/t8-/m1/s1. The lowest BCUT2D eigenvalue weighted by atomic mass is 10.3. The Morgan fingerprint density at radius 1 is 1.67 bits per heavy atom. The largest absolute Gasteiger partial charge is 0.374 e. The Kier molecular flexibility index (Phi) is 7.44. The molecule has 0 saturated heterocycles. The molecule has 68 valence electrons. The second-order valence-electron chi connectivity index (χ2n) is 2.47. The third-order valence-corrected chi connectivity index (χ3v) is 1.43. The molecule has 0 aliphatic heterocycles. The Bertz CT molecular complexity index is 164. The number of ether oxygens (including phenoxy) is 1. The summed E-state index contributed by atoms with van der Waals surface area (Å²) in [4.78, 5) is 2.65. The SMILES string of the molecule is C=C[C@@H](C)OCCCCN=[N+]=[N-]. The molecule has 0 N–H and O–H groups in total. The molecule has 0 rings (SSSR count). The quantitative estimate of drug-likeness (QED) is 0.190. The molecule has 0 amide bonds. The first-order valence-corrected chi connectivity index (χ1v) is 4.06. The summed E-state index contributed by atoms with van der Waals surface area (Å²) in [6.07, 6.45) is 3.68. The summed E-state index contributed by atoms with van der Waals surface area (Å²) in [7, 11) is 0. The summed E-state index contributed by atoms with van der Waals surface area (Å²) in [5, 5.41) is 3.41. The van der Waals surface area contributed by atoms with Crippen molar-refractivity contribution in [1.29, 1.82) is 0 Å². The van der Waals surface area contributed by atoms with Crippen molar-refractivity contribution >= 4 is 0 Å². The van der Waals surface area contributed by atoms with Gasteiger partial charge in [0.1, 0.15) is 0 Å². The maximum atomic E-state index is 7.96. The summed E-state index contributed by atoms with van der Waals surface area (Å²) in [5.74, 6) is 0. The Labute approximate surface area is 72.9 Å². The number of hydrogen-bond acceptors (Lipinski definition) is 2. The second-order valence-corrected chi connectivity index (χ2v) is 2.47. The van der Waals surface area contributed by atoms with E-state index in [1.54, 1.807) is 6.08 Å². The van der Waals surface area contributed by atoms with Crippen LogP contribution in [0.1, 0.15) is 19.8 Å². The first-order valence-electron chi connectivity index (χ1n) is 4.06. The van der Waals surface area contributed by atoms with Crippen LogP contribution in [0.4, 0.5) is 0 Å². The zero-order valence-electron chi connectivity index (χ0n) is 7.44. The molecule has 0 fully saturated rings. The van der Waals surface area contributed by atoms with Gasteiger partial charge in [-0.3, -0.25) is 0 Å². The zero-order chi connectivity index (χ0) is 9.23. The van der Waals surface area contributed by atoms with Gasteiger partial charge in [0.05, 0.1) is 6.10 Å². The van der Waals surface area contributed by atoms with E-state index in [9.17, 15) is 0 Å². The number of nitrogens with zero attached hydrogens (tertiary/aromatic N) is 3. The minimum absolute atomic E-state index is 0.115. The van der Waals surface area contributed by atoms with Crippen LogP contribution in [-0.2, 0) is 4.74 Å². The number of azide groups is 1. The van der Waals surface area contributed by atoms with Crippen LogP contribution < -0.4 is 0 Å². The van der Waals surface area contributed by atoms with Gasteiger partial charge in [-0.05, 0) is 25.3 Å². The van der Waals surface area contributed by atoms with Crippen molar-refractivity contribution in [3.8, 4) is 0 Å². The van der Waals surface area contributed by atoms with Gasteiger partial charge in [0, 0.05) is 18.1 Å². The van der Waals surface area contributed by atoms with Crippen molar-refractivity contribution < 1.29 is 4.74 Å². The van der Waals surface area contributed by atoms with Gasteiger partial charge in [-0.15, -0.1) is 6.58 Å². The lowest BCUT2D eigenvalue weighted by molar-refractivity contribution is 0.0949. The zero-order valence-corrected chi connectivity index (χ0v) is 7.44. The Balaban J connectivity index is 3.10. The average molecular weight is 169 g/mol. The molecular formula is C8H15N3O. The van der Waals surface area contributed by atoms with Gasteiger partial charge in [-0.2, -0.15) is 0 Å². The topological polar surface area (TPSA) is 58.0 Å². The predicted octanol–water partition coefficient (Wildman–Crippen LogP) is 2.67. The molecule has 0 unspecified atom stereocenters. The monoisotopic (exact) mass is 169 g/mol. The number of rotatable bonds is 7. The molecule has 0 saturated carbocycles. The van der Waals surface area contributed by atoms with Crippen LogP contribution in [-0.4, -0.2) is 19.3 Å². The summed E-state index contributed by atoms with van der Waals surface area (Å²) in [6.45, 7) is 6.80. The van der Waals surface area contributed by atoms with Gasteiger partial charge >= 0.3 is 0 Å². The first kappa shape index (κ1) is 11.0. The van der Waals surface area contributed by atoms with E-state index in [0.717, 1.165) is 12.8 Å². The van der Waals surface area contributed by atoms with Crippen molar-refractivity contribution in [2.24, 2.45) is 5.11 Å². The minimum Gasteiger partial charge on any atom is -0.374 e. The highest BCUT2D eigenvalue weighted by Gasteiger charge is 1.93. The van der Waals surface area contributed by atoms with Crippen molar-refractivity contribution in [3.05, 3.63) is 23.1 Å². The van der Waals surface area contributed by atoms with Crippen LogP contribution in [0.2, 0.25) is 0 Å². The maximum absolute atomic E-state index is 7.96. The smallest absolute Gasteiger partial charge is 0.0725 e. The average Bonchev–Trinajstić information content (AvgIpc) is 2.10. The fourth-order valence-corrected chi connectivity index (χ4v) is 0.667. The van der Waals surface area contributed by atoms with E-state index in [1.807, 2.05) is 6.92 Å². The van der Waals surface area contributed by atoms with Crippen molar-refractivity contribution in [2.75, 3.05) is 13.2 Å². The highest BCUT2D eigenvalue weighted by Crippen LogP contribution is 1.96. The molecule has 1 atom stereocenters. The van der Waals surface area contributed by atoms with Crippen LogP contribution in [0.25, 0.3) is 10.4 Å². The van der Waals surface area contributed by atoms with Gasteiger partial charge in [0.2, 0.25) is 0 Å². The summed E-state index contributed by atoms with van der Waals surface area (Å²) < 4.78 is 5.32. The van der Waals surface area contributed by atoms with Crippen molar-refractivity contribution in [1.82, 2.24) is 0 Å². The molecule has 0 bridgehead atoms. The van der Waals surface area contributed by atoms with Crippen LogP contribution in [0.15, 0.2) is 17.8 Å². The third-order valence-electron chi connectivity index (χ3n) is 1.43. The Hall–Kier alpha value is -0.990. The minimum atomic E-state index is 0.115. The Morgan fingerprint density at radius 2 is 2.42 bits per heavy atom. The van der Waals surface area contributed by atoms with Crippen LogP contribution in [0, 0.1) is 0 Å². The predicted molar refractivity (Wildman–Crippen MR) is 48.9 cm³/mol. The lowest BCUT2D eigenvalue weighted by Gasteiger charge is -2.06. The van der Waals surface area contributed by atoms with E-state index < -0.39 is 0 Å². The van der Waals surface area contributed by atoms with E-state index in [1.165, 1.54) is 0 Å². The molecule has 0 aliphatic rings. The first-order chi connectivity index (χ1) is 5.81. The maximum Gasteiger partial charge on any atom is 0.0725 e. The molecule has 4 heteroatoms. The molecule has 0 heterocycles. The van der Waals surface area contributed by atoms with Crippen molar-refractivity contribution in [3.63, 3.8) is 0 Å². The molecule has 4 nitrogen and oxygen atoms in total. The van der Waals surface area contributed by atoms with Gasteiger partial charge in [-0.1, -0.05) is 11.2 Å². The van der Waals surface area contributed by atoms with E-state index in [4.69, 9.17) is 10.3 Å². The van der Waals surface area contributed by atoms with Gasteiger partial charge < -0.3 is 4.74 Å². The molecule has 12 heavy (non-hydrogen) atoms. The normalized spacial score (nSPS) is 11.8. The number of unbranched alkanes of at least 4 members (excludes halogenated alkanes) is 1. The molecule has 0 spiro atoms. The Morgan fingerprint density at radius 3 is 3.00 bits per heavy atom. The number of hydrogen-bond donors (Lipinski definition) is 0. The molecule has 0 aromatic carbocycles. The third kappa shape index (κ3) is 7.12. The summed E-state index contributed by atoms with van der Waals surface area (Å²) >= 11 is 0. The highest BCUT2D eigenvalue weighted by molar-refractivity contribution is 4.74. The van der Waals surface area contributed by atoms with Crippen molar-refractivity contribution in [2.45, 2.75) is 25.9 Å². The highest BCUT2D eigenvalue weighted by atomic mass is 16.5. The van der Waals surface area contributed by atoms with E-state index in [0.29, 0.717) is 13.2 Å². The molecular weight excluding hydrogens is 154 g/mol. The van der Waals surface area contributed by atoms with E-state index >= 15 is 0 Å². The fraction of sp³-hybridized carbons (Fsp3) is 0.750. The van der Waals surface area contributed by atoms with E-state index in [2.05, 4.69) is 16.6 Å². The van der Waals surface area contributed by atoms with Crippen LogP contribution >= 0.6 is 0 Å². The summed E-state index contributed by atoms with van der Waals surface area (Å²) in [6, 6.07) is 0. The molecule has 0 aromatic heterocycles. The second kappa shape index (κ2) is 8.11. The van der Waals surface area contributed by atoms with E-state index in [-0.39, 0.29) is 6.10 Å². The van der Waals surface area contributed by atoms with Gasteiger partial charge in [-0.25, -0.2) is 0 Å². The van der Waals surface area contributed by atoms with Gasteiger partial charge in [0.15, 0.2) is 0 Å². The fourth-order valence-electron chi connectivity index (χ4n) is 0.667. The summed E-state index contributed by atoms with van der Waals surface area (Å²) in [5.41, 5.74) is 7.96. The molecule has 0 aromatic rings. The lowest BCUT2D eigenvalue weighted by Crippen LogP contribution is -2.05. The van der Waals surface area contributed by atoms with Crippen LogP contribution in [0.3, 0.4) is 0 Å². The van der Waals surface area contributed by atoms with Gasteiger partial charge in [0.25, 0.3) is 0 Å². The molecule has 0 aliphatic carbocycles. The van der Waals surface area contributed by atoms with Crippen LogP contribution in [0.5, 0.6) is 0 Å². The molecule has 0 radical (unpaired) electrons.